The third kappa shape index (κ3) is 5.75. The molecule has 11 nitrogen and oxygen atoms in total. The van der Waals surface area contributed by atoms with Crippen LogP contribution in [0.1, 0.15) is 72.0 Å². The van der Waals surface area contributed by atoms with E-state index in [0.29, 0.717) is 55.3 Å². The quantitative estimate of drug-likeness (QED) is 0.260. The first-order valence-electron chi connectivity index (χ1n) is 14.7. The highest BCUT2D eigenvalue weighted by Crippen LogP contribution is 2.35. The van der Waals surface area contributed by atoms with E-state index in [1.807, 2.05) is 41.9 Å². The number of likely N-dealkylation sites (tertiary alicyclic amines) is 2. The number of nitrogens with one attached hydrogen (secondary N) is 2. The summed E-state index contributed by atoms with van der Waals surface area (Å²) in [6.45, 7) is 10.3. The fourth-order valence-corrected chi connectivity index (χ4v) is 6.57. The zero-order valence-corrected chi connectivity index (χ0v) is 26.8. The molecule has 2 aromatic rings. The minimum absolute atomic E-state index is 0. The van der Waals surface area contributed by atoms with Crippen molar-refractivity contribution >= 4 is 23.4 Å². The molecule has 0 spiro atoms. The topological polar surface area (TPSA) is 117 Å². The highest BCUT2D eigenvalue weighted by Gasteiger charge is 2.50. The second-order valence-electron chi connectivity index (χ2n) is 12.8. The molecule has 3 aliphatic rings. The molecular weight excluding hydrogens is 572 g/mol. The van der Waals surface area contributed by atoms with E-state index in [4.69, 9.17) is 4.74 Å². The van der Waals surface area contributed by atoms with E-state index in [2.05, 4.69) is 15.5 Å². The lowest BCUT2D eigenvalue weighted by molar-refractivity contribution is -0.681. The number of carbonyl (C=O) groups excluding carboxylic acids is 4. The largest absolute Gasteiger partial charge is 1.00 e. The van der Waals surface area contributed by atoms with Gasteiger partial charge in [-0.2, -0.15) is 0 Å². The highest BCUT2D eigenvalue weighted by molar-refractivity contribution is 6.26. The van der Waals surface area contributed by atoms with Crippen molar-refractivity contribution in [2.24, 2.45) is 12.5 Å². The molecule has 3 heterocycles. The van der Waals surface area contributed by atoms with Crippen LogP contribution >= 0.6 is 0 Å². The zero-order valence-electron chi connectivity index (χ0n) is 26.1. The summed E-state index contributed by atoms with van der Waals surface area (Å²) in [5, 5.41) is 5.92. The van der Waals surface area contributed by atoms with Gasteiger partial charge in [-0.15, -0.1) is 0 Å². The Kier molecular flexibility index (Phi) is 9.51. The standard InChI is InChI=1S/C31H42N6O5.ClH/c1-18(32-5)29(40)33-28(31(2,3)4)30(41)37-16-19-14-20(37)15-35(19)17-23-34(6)24-25(36(23)12-13-42-7)27(39)22-11-9-8-10-21(22)26(24)38;/h8-11,18-20,28,32H,12-17H2,1-7H3;1H/t18-,19?,20?,28+;/m0./s1. The number of hydrogen-bond donors (Lipinski definition) is 2. The first-order chi connectivity index (χ1) is 19.9. The lowest BCUT2D eigenvalue weighted by Crippen LogP contribution is -3.00. The lowest BCUT2D eigenvalue weighted by atomic mass is 9.85. The van der Waals surface area contributed by atoms with Gasteiger partial charge in [0.1, 0.15) is 19.1 Å². The normalized spacial score (nSPS) is 20.9. The number of likely N-dealkylation sites (N-methyl/N-ethyl adjacent to an activating group) is 1. The predicted octanol–water partition coefficient (Wildman–Crippen LogP) is -2.34. The van der Waals surface area contributed by atoms with Crippen molar-refractivity contribution in [1.82, 2.24) is 25.0 Å². The minimum atomic E-state index is -0.636. The number of rotatable bonds is 9. The van der Waals surface area contributed by atoms with Crippen LogP contribution in [-0.4, -0.2) is 95.8 Å². The van der Waals surface area contributed by atoms with Gasteiger partial charge in [-0.3, -0.25) is 24.1 Å². The molecule has 12 heteroatoms. The van der Waals surface area contributed by atoms with Crippen molar-refractivity contribution < 1.29 is 40.9 Å². The molecular formula is C31H43ClN6O5. The van der Waals surface area contributed by atoms with Crippen molar-refractivity contribution in [2.45, 2.75) is 71.4 Å². The number of benzene rings is 1. The van der Waals surface area contributed by atoms with Gasteiger partial charge in [0.15, 0.2) is 0 Å². The van der Waals surface area contributed by atoms with Gasteiger partial charge in [0.2, 0.25) is 34.8 Å². The van der Waals surface area contributed by atoms with Crippen LogP contribution in [0.5, 0.6) is 0 Å². The molecule has 234 valence electrons. The van der Waals surface area contributed by atoms with Crippen LogP contribution in [0.15, 0.2) is 24.3 Å². The Morgan fingerprint density at radius 2 is 1.74 bits per heavy atom. The van der Waals surface area contributed by atoms with Gasteiger partial charge in [0.25, 0.3) is 5.82 Å². The van der Waals surface area contributed by atoms with Crippen molar-refractivity contribution in [2.75, 3.05) is 33.9 Å². The zero-order chi connectivity index (χ0) is 30.5. The lowest BCUT2D eigenvalue weighted by Gasteiger charge is -2.39. The maximum atomic E-state index is 13.8. The summed E-state index contributed by atoms with van der Waals surface area (Å²) in [5.41, 5.74) is 1.23. The van der Waals surface area contributed by atoms with Crippen LogP contribution in [0.3, 0.4) is 0 Å². The van der Waals surface area contributed by atoms with Gasteiger partial charge in [-0.1, -0.05) is 45.0 Å². The molecule has 2 bridgehead atoms. The fourth-order valence-electron chi connectivity index (χ4n) is 6.57. The molecule has 5 rings (SSSR count). The maximum Gasteiger partial charge on any atom is 0.271 e. The van der Waals surface area contributed by atoms with E-state index in [9.17, 15) is 19.2 Å². The van der Waals surface area contributed by atoms with E-state index in [1.165, 1.54) is 0 Å². The number of aromatic nitrogens is 2. The number of amides is 2. The number of ketones is 2. The third-order valence-corrected chi connectivity index (χ3v) is 9.10. The van der Waals surface area contributed by atoms with Gasteiger partial charge in [0.05, 0.1) is 19.7 Å². The van der Waals surface area contributed by atoms with Crippen LogP contribution in [0.25, 0.3) is 0 Å². The summed E-state index contributed by atoms with van der Waals surface area (Å²) < 4.78 is 9.18. The molecule has 2 amide bonds. The summed E-state index contributed by atoms with van der Waals surface area (Å²) in [4.78, 5) is 58.0. The van der Waals surface area contributed by atoms with Crippen LogP contribution < -0.4 is 27.6 Å². The van der Waals surface area contributed by atoms with Crippen molar-refractivity contribution in [3.05, 3.63) is 52.6 Å². The molecule has 2 unspecified atom stereocenters. The summed E-state index contributed by atoms with van der Waals surface area (Å²) >= 11 is 0. The van der Waals surface area contributed by atoms with Gasteiger partial charge in [-0.25, -0.2) is 9.13 Å². The number of hydrogen-bond acceptors (Lipinski definition) is 7. The smallest absolute Gasteiger partial charge is 0.271 e. The number of carbonyl (C=O) groups is 4. The van der Waals surface area contributed by atoms with E-state index in [0.717, 1.165) is 12.2 Å². The summed E-state index contributed by atoms with van der Waals surface area (Å²) in [5.74, 6) is 0.308. The number of nitrogens with zero attached hydrogens (tertiary/aromatic N) is 4. The van der Waals surface area contributed by atoms with E-state index in [1.54, 1.807) is 45.3 Å². The number of imidazole rings is 1. The Bertz CT molecular complexity index is 1430. The molecule has 0 saturated carbocycles. The molecule has 2 saturated heterocycles. The molecule has 2 N–H and O–H groups in total. The van der Waals surface area contributed by atoms with Crippen LogP contribution in [0.2, 0.25) is 0 Å². The van der Waals surface area contributed by atoms with Crippen molar-refractivity contribution in [1.29, 1.82) is 0 Å². The summed E-state index contributed by atoms with van der Waals surface area (Å²) in [7, 11) is 5.19. The Morgan fingerprint density at radius 3 is 2.30 bits per heavy atom. The number of methoxy groups -OCH3 is 1. The molecule has 1 aromatic heterocycles. The Hall–Kier alpha value is -3.12. The predicted molar refractivity (Wildman–Crippen MR) is 155 cm³/mol. The Balaban J connectivity index is 0.00000423. The molecule has 1 aliphatic carbocycles. The van der Waals surface area contributed by atoms with Gasteiger partial charge in [0, 0.05) is 43.4 Å². The van der Waals surface area contributed by atoms with E-state index < -0.39 is 17.5 Å². The first-order valence-corrected chi connectivity index (χ1v) is 14.7. The van der Waals surface area contributed by atoms with E-state index in [-0.39, 0.29) is 47.9 Å². The molecule has 4 atom stereocenters. The van der Waals surface area contributed by atoms with Crippen molar-refractivity contribution in [3.63, 3.8) is 0 Å². The summed E-state index contributed by atoms with van der Waals surface area (Å²) in [6, 6.07) is 6.11. The summed E-state index contributed by atoms with van der Waals surface area (Å²) in [6.07, 6.45) is 0.842. The molecule has 1 aromatic carbocycles. The minimum Gasteiger partial charge on any atom is -1.00 e. The third-order valence-electron chi connectivity index (χ3n) is 9.10. The van der Waals surface area contributed by atoms with Gasteiger partial charge < -0.3 is 32.7 Å². The average molecular weight is 615 g/mol. The fraction of sp³-hybridized carbons (Fsp3) is 0.581. The maximum absolute atomic E-state index is 13.8. The molecule has 2 fully saturated rings. The highest BCUT2D eigenvalue weighted by atomic mass is 35.5. The Morgan fingerprint density at radius 1 is 1.09 bits per heavy atom. The monoisotopic (exact) mass is 614 g/mol. The second-order valence-corrected chi connectivity index (χ2v) is 12.8. The molecule has 0 radical (unpaired) electrons. The van der Waals surface area contributed by atoms with Gasteiger partial charge >= 0.3 is 0 Å². The average Bonchev–Trinajstić information content (AvgIpc) is 3.64. The van der Waals surface area contributed by atoms with E-state index >= 15 is 0 Å². The van der Waals surface area contributed by atoms with Gasteiger partial charge in [-0.05, 0) is 25.8 Å². The molecule has 43 heavy (non-hydrogen) atoms. The van der Waals surface area contributed by atoms with Crippen LogP contribution in [0, 0.1) is 5.41 Å². The number of halogens is 1. The van der Waals surface area contributed by atoms with Crippen molar-refractivity contribution in [3.8, 4) is 0 Å². The number of ether oxygens (including phenoxy) is 1. The Labute approximate surface area is 259 Å². The van der Waals surface area contributed by atoms with Crippen LogP contribution in [0.4, 0.5) is 0 Å². The van der Waals surface area contributed by atoms with Crippen LogP contribution in [-0.2, 0) is 34.5 Å². The SMILES string of the molecule is CN[C@@H](C)C(=O)N[C@H](C(=O)N1CC2CC1CN2Cc1n(CCOC)c2c([n+]1C)C(=O)c1ccccc1C2=O)C(C)(C)C.[Cl-]. The number of fused-ring (bicyclic) bond motifs is 4. The second kappa shape index (κ2) is 12.5. The molecule has 2 aliphatic heterocycles. The first kappa shape index (κ1) is 32.8. The number of piperazine rings is 1.